The number of nitrogens with one attached hydrogen (secondary N) is 1. The second-order valence-corrected chi connectivity index (χ2v) is 4.25. The zero-order valence-corrected chi connectivity index (χ0v) is 9.69. The zero-order chi connectivity index (χ0) is 10.1. The molecule has 1 aromatic carbocycles. The lowest BCUT2D eigenvalue weighted by atomic mass is 10.1. The van der Waals surface area contributed by atoms with Gasteiger partial charge in [0.25, 0.3) is 0 Å². The molecule has 2 nitrogen and oxygen atoms in total. The van der Waals surface area contributed by atoms with Crippen LogP contribution in [0.1, 0.15) is 18.2 Å². The van der Waals surface area contributed by atoms with Crippen molar-refractivity contribution in [3.8, 4) is 0 Å². The Balaban J connectivity index is 2.73. The van der Waals surface area contributed by atoms with Crippen molar-refractivity contribution in [2.24, 2.45) is 5.73 Å². The Morgan fingerprint density at radius 1 is 1.43 bits per heavy atom. The number of nitrogens with two attached hydrogens (primary N) is 1. The van der Waals surface area contributed by atoms with Crippen LogP contribution in [0.15, 0.2) is 22.7 Å². The highest BCUT2D eigenvalue weighted by molar-refractivity contribution is 9.10. The normalized spacial score (nSPS) is 11.1. The largest absolute Gasteiger partial charge is 0.358 e. The number of H-pyrrole nitrogens is 1. The molecule has 2 rings (SSSR count). The SMILES string of the molecule is CCc1[nH]c2cc(Br)ccc2c1CN. The van der Waals surface area contributed by atoms with Gasteiger partial charge in [-0.1, -0.05) is 28.9 Å². The second-order valence-electron chi connectivity index (χ2n) is 3.33. The van der Waals surface area contributed by atoms with Crippen molar-refractivity contribution in [1.82, 2.24) is 4.98 Å². The third kappa shape index (κ3) is 1.47. The Morgan fingerprint density at radius 3 is 2.86 bits per heavy atom. The highest BCUT2D eigenvalue weighted by Gasteiger charge is 2.08. The van der Waals surface area contributed by atoms with Gasteiger partial charge in [-0.2, -0.15) is 0 Å². The fourth-order valence-electron chi connectivity index (χ4n) is 1.82. The van der Waals surface area contributed by atoms with Crippen LogP contribution in [0.5, 0.6) is 0 Å². The van der Waals surface area contributed by atoms with Gasteiger partial charge in [0.1, 0.15) is 0 Å². The molecule has 0 saturated heterocycles. The highest BCUT2D eigenvalue weighted by atomic mass is 79.9. The summed E-state index contributed by atoms with van der Waals surface area (Å²) in [4.78, 5) is 3.40. The van der Waals surface area contributed by atoms with Crippen LogP contribution in [-0.2, 0) is 13.0 Å². The molecule has 3 N–H and O–H groups in total. The molecule has 0 bridgehead atoms. The molecule has 0 radical (unpaired) electrons. The van der Waals surface area contributed by atoms with Crippen molar-refractivity contribution in [1.29, 1.82) is 0 Å². The Morgan fingerprint density at radius 2 is 2.21 bits per heavy atom. The van der Waals surface area contributed by atoms with Crippen LogP contribution < -0.4 is 5.73 Å². The molecule has 0 aliphatic rings. The van der Waals surface area contributed by atoms with E-state index >= 15 is 0 Å². The van der Waals surface area contributed by atoms with Crippen molar-refractivity contribution >= 4 is 26.8 Å². The maximum atomic E-state index is 5.74. The van der Waals surface area contributed by atoms with Crippen molar-refractivity contribution in [2.75, 3.05) is 0 Å². The average molecular weight is 253 g/mol. The number of rotatable bonds is 2. The van der Waals surface area contributed by atoms with E-state index in [4.69, 9.17) is 5.73 Å². The van der Waals surface area contributed by atoms with E-state index in [1.165, 1.54) is 16.6 Å². The van der Waals surface area contributed by atoms with Crippen LogP contribution in [0.3, 0.4) is 0 Å². The topological polar surface area (TPSA) is 41.8 Å². The van der Waals surface area contributed by atoms with E-state index in [0.717, 1.165) is 16.4 Å². The lowest BCUT2D eigenvalue weighted by Crippen LogP contribution is -1.98. The molecular weight excluding hydrogens is 240 g/mol. The van der Waals surface area contributed by atoms with Gasteiger partial charge in [0.05, 0.1) is 0 Å². The summed E-state index contributed by atoms with van der Waals surface area (Å²) in [5.41, 5.74) is 9.40. The second kappa shape index (κ2) is 3.75. The molecule has 1 heterocycles. The molecule has 0 unspecified atom stereocenters. The number of benzene rings is 1. The minimum Gasteiger partial charge on any atom is -0.358 e. The first-order valence-corrected chi connectivity index (χ1v) is 5.54. The van der Waals surface area contributed by atoms with Gasteiger partial charge in [-0.05, 0) is 24.1 Å². The lowest BCUT2D eigenvalue weighted by Gasteiger charge is -1.97. The van der Waals surface area contributed by atoms with E-state index in [2.05, 4.69) is 46.0 Å². The molecule has 0 saturated carbocycles. The van der Waals surface area contributed by atoms with E-state index in [-0.39, 0.29) is 0 Å². The number of hydrogen-bond acceptors (Lipinski definition) is 1. The summed E-state index contributed by atoms with van der Waals surface area (Å²) in [5.74, 6) is 0. The third-order valence-electron chi connectivity index (χ3n) is 2.51. The number of fused-ring (bicyclic) bond motifs is 1. The summed E-state index contributed by atoms with van der Waals surface area (Å²) in [7, 11) is 0. The number of aromatic nitrogens is 1. The maximum Gasteiger partial charge on any atom is 0.0470 e. The molecule has 0 aliphatic heterocycles. The summed E-state index contributed by atoms with van der Waals surface area (Å²) in [6.45, 7) is 2.74. The van der Waals surface area contributed by atoms with E-state index in [1.54, 1.807) is 0 Å². The molecule has 3 heteroatoms. The van der Waals surface area contributed by atoms with Crippen molar-refractivity contribution in [3.63, 3.8) is 0 Å². The van der Waals surface area contributed by atoms with Crippen molar-refractivity contribution < 1.29 is 0 Å². The van der Waals surface area contributed by atoms with Crippen LogP contribution in [0, 0.1) is 0 Å². The van der Waals surface area contributed by atoms with E-state index in [9.17, 15) is 0 Å². The van der Waals surface area contributed by atoms with Gasteiger partial charge in [-0.3, -0.25) is 0 Å². The minimum absolute atomic E-state index is 0.602. The smallest absolute Gasteiger partial charge is 0.0470 e. The first kappa shape index (κ1) is 9.74. The molecule has 0 spiro atoms. The number of halogens is 1. The van der Waals surface area contributed by atoms with Crippen LogP contribution in [0.2, 0.25) is 0 Å². The van der Waals surface area contributed by atoms with Crippen molar-refractivity contribution in [2.45, 2.75) is 19.9 Å². The van der Waals surface area contributed by atoms with Crippen LogP contribution >= 0.6 is 15.9 Å². The maximum absolute atomic E-state index is 5.74. The zero-order valence-electron chi connectivity index (χ0n) is 8.10. The monoisotopic (exact) mass is 252 g/mol. The van der Waals surface area contributed by atoms with Crippen LogP contribution in [0.25, 0.3) is 10.9 Å². The Labute approximate surface area is 91.6 Å². The summed E-state index contributed by atoms with van der Waals surface area (Å²) in [6, 6.07) is 6.25. The first-order valence-electron chi connectivity index (χ1n) is 4.75. The summed E-state index contributed by atoms with van der Waals surface area (Å²) in [5, 5.41) is 1.24. The van der Waals surface area contributed by atoms with Gasteiger partial charge in [0, 0.05) is 27.6 Å². The fraction of sp³-hybridized carbons (Fsp3) is 0.273. The van der Waals surface area contributed by atoms with Gasteiger partial charge in [0.2, 0.25) is 0 Å². The van der Waals surface area contributed by atoms with E-state index < -0.39 is 0 Å². The summed E-state index contributed by atoms with van der Waals surface area (Å²) in [6.07, 6.45) is 0.999. The lowest BCUT2D eigenvalue weighted by molar-refractivity contribution is 0.987. The van der Waals surface area contributed by atoms with Gasteiger partial charge in [-0.15, -0.1) is 0 Å². The van der Waals surface area contributed by atoms with E-state index in [0.29, 0.717) is 6.54 Å². The standard InChI is InChI=1S/C11H13BrN2/c1-2-10-9(6-13)8-4-3-7(12)5-11(8)14-10/h3-5,14H,2,6,13H2,1H3. The molecular formula is C11H13BrN2. The van der Waals surface area contributed by atoms with Gasteiger partial charge >= 0.3 is 0 Å². The molecule has 1 aromatic heterocycles. The molecule has 0 amide bonds. The predicted molar refractivity (Wildman–Crippen MR) is 63.3 cm³/mol. The van der Waals surface area contributed by atoms with Crippen molar-refractivity contribution in [3.05, 3.63) is 33.9 Å². The minimum atomic E-state index is 0.602. The Bertz CT molecular complexity index is 460. The first-order chi connectivity index (χ1) is 6.76. The van der Waals surface area contributed by atoms with Gasteiger partial charge in [0.15, 0.2) is 0 Å². The number of hydrogen-bond donors (Lipinski definition) is 2. The van der Waals surface area contributed by atoms with Gasteiger partial charge < -0.3 is 10.7 Å². The average Bonchev–Trinajstić information content (AvgIpc) is 2.54. The van der Waals surface area contributed by atoms with Gasteiger partial charge in [-0.25, -0.2) is 0 Å². The quantitative estimate of drug-likeness (QED) is 0.848. The molecule has 74 valence electrons. The summed E-state index contributed by atoms with van der Waals surface area (Å²) < 4.78 is 1.09. The molecule has 2 aromatic rings. The van der Waals surface area contributed by atoms with Crippen LogP contribution in [-0.4, -0.2) is 4.98 Å². The highest BCUT2D eigenvalue weighted by Crippen LogP contribution is 2.25. The van der Waals surface area contributed by atoms with Crippen LogP contribution in [0.4, 0.5) is 0 Å². The Hall–Kier alpha value is -0.800. The number of aryl methyl sites for hydroxylation is 1. The predicted octanol–water partition coefficient (Wildman–Crippen LogP) is 2.95. The number of aromatic amines is 1. The molecule has 0 aliphatic carbocycles. The molecule has 0 atom stereocenters. The molecule has 14 heavy (non-hydrogen) atoms. The molecule has 0 fully saturated rings. The fourth-order valence-corrected chi connectivity index (χ4v) is 2.18. The Kier molecular flexibility index (Phi) is 2.61. The van der Waals surface area contributed by atoms with E-state index in [1.807, 2.05) is 0 Å². The third-order valence-corrected chi connectivity index (χ3v) is 3.01. The summed E-state index contributed by atoms with van der Waals surface area (Å²) >= 11 is 3.46.